The van der Waals surface area contributed by atoms with E-state index in [9.17, 15) is 4.79 Å². The van der Waals surface area contributed by atoms with Crippen molar-refractivity contribution >= 4 is 16.8 Å². The summed E-state index contributed by atoms with van der Waals surface area (Å²) < 4.78 is 0. The monoisotopic (exact) mass is 158 g/mol. The maximum absolute atomic E-state index is 10.7. The van der Waals surface area contributed by atoms with E-state index in [2.05, 4.69) is 0 Å². The lowest BCUT2D eigenvalue weighted by atomic mass is 10.0. The molecule has 10 heavy (non-hydrogen) atoms. The molecule has 0 radical (unpaired) electrons. The lowest BCUT2D eigenvalue weighted by molar-refractivity contribution is -0.113. The molecule has 2 fully saturated rings. The Morgan fingerprint density at radius 1 is 1.20 bits per heavy atom. The second-order valence-electron chi connectivity index (χ2n) is 3.44. The Kier molecular flexibility index (Phi) is 1.48. The molecular weight excluding hydrogens is 148 g/mol. The first-order chi connectivity index (χ1) is 4.80. The van der Waals surface area contributed by atoms with Crippen LogP contribution in [0.2, 0.25) is 0 Å². The van der Waals surface area contributed by atoms with Crippen LogP contribution < -0.4 is 0 Å². The highest BCUT2D eigenvalue weighted by molar-refractivity contribution is 6.64. The van der Waals surface area contributed by atoms with Crippen LogP contribution in [0.3, 0.4) is 0 Å². The average molecular weight is 159 g/mol. The quantitative estimate of drug-likeness (QED) is 0.535. The maximum Gasteiger partial charge on any atom is 0.225 e. The van der Waals surface area contributed by atoms with Crippen molar-refractivity contribution in [3.05, 3.63) is 0 Å². The molecule has 2 saturated carbocycles. The molecule has 0 saturated heterocycles. The Morgan fingerprint density at radius 3 is 2.10 bits per heavy atom. The van der Waals surface area contributed by atoms with E-state index in [1.54, 1.807) is 0 Å². The third-order valence-corrected chi connectivity index (χ3v) is 3.17. The molecule has 2 aliphatic rings. The van der Waals surface area contributed by atoms with E-state index in [1.807, 2.05) is 0 Å². The molecule has 2 unspecified atom stereocenters. The minimum Gasteiger partial charge on any atom is -0.281 e. The Bertz CT molecular complexity index is 155. The van der Waals surface area contributed by atoms with E-state index in [-0.39, 0.29) is 11.2 Å². The molecule has 0 bridgehead atoms. The topological polar surface area (TPSA) is 17.1 Å². The first kappa shape index (κ1) is 6.66. The summed E-state index contributed by atoms with van der Waals surface area (Å²) in [5, 5.41) is -0.0862. The van der Waals surface area contributed by atoms with Gasteiger partial charge in [-0.3, -0.25) is 4.79 Å². The van der Waals surface area contributed by atoms with Gasteiger partial charge in [0.05, 0.1) is 0 Å². The minimum atomic E-state index is -0.0862. The molecule has 0 aromatic rings. The van der Waals surface area contributed by atoms with Gasteiger partial charge in [-0.05, 0) is 36.3 Å². The molecule has 2 aliphatic carbocycles. The van der Waals surface area contributed by atoms with Gasteiger partial charge in [-0.2, -0.15) is 0 Å². The van der Waals surface area contributed by atoms with Crippen LogP contribution >= 0.6 is 11.6 Å². The van der Waals surface area contributed by atoms with Crippen LogP contribution in [0.1, 0.15) is 25.7 Å². The van der Waals surface area contributed by atoms with Gasteiger partial charge in [-0.15, -0.1) is 0 Å². The smallest absolute Gasteiger partial charge is 0.225 e. The predicted molar refractivity (Wildman–Crippen MR) is 39.8 cm³/mol. The Hall–Kier alpha value is -0.0400. The highest BCUT2D eigenvalue weighted by Gasteiger charge is 2.53. The normalized spacial score (nSPS) is 44.3. The standard InChI is InChI=1S/C8H11ClO/c9-8(10)7-5-3-1-2-4-6(5)7/h5-7H,1-4H2. The fraction of sp³-hybridized carbons (Fsp3) is 0.875. The molecule has 0 amide bonds. The van der Waals surface area contributed by atoms with Gasteiger partial charge >= 0.3 is 0 Å². The SMILES string of the molecule is O=C(Cl)C1C2CCCCC21. The lowest BCUT2D eigenvalue weighted by Gasteiger charge is -2.04. The van der Waals surface area contributed by atoms with Gasteiger partial charge in [-0.1, -0.05) is 12.8 Å². The minimum absolute atomic E-state index is 0.0862. The predicted octanol–water partition coefficient (Wildman–Crippen LogP) is 2.19. The lowest BCUT2D eigenvalue weighted by Crippen LogP contribution is -1.91. The molecular formula is C8H11ClO. The van der Waals surface area contributed by atoms with E-state index in [1.165, 1.54) is 25.7 Å². The highest BCUT2D eigenvalue weighted by atomic mass is 35.5. The second-order valence-corrected chi connectivity index (χ2v) is 3.81. The molecule has 2 atom stereocenters. The van der Waals surface area contributed by atoms with Crippen molar-refractivity contribution in [3.8, 4) is 0 Å². The van der Waals surface area contributed by atoms with Crippen molar-refractivity contribution < 1.29 is 4.79 Å². The van der Waals surface area contributed by atoms with Crippen molar-refractivity contribution in [2.45, 2.75) is 25.7 Å². The zero-order chi connectivity index (χ0) is 7.14. The van der Waals surface area contributed by atoms with Crippen LogP contribution in [-0.2, 0) is 4.79 Å². The summed E-state index contributed by atoms with van der Waals surface area (Å²) in [7, 11) is 0. The van der Waals surface area contributed by atoms with Crippen molar-refractivity contribution in [1.82, 2.24) is 0 Å². The molecule has 1 nitrogen and oxygen atoms in total. The molecule has 0 aliphatic heterocycles. The van der Waals surface area contributed by atoms with Gasteiger partial charge in [0.1, 0.15) is 0 Å². The second kappa shape index (κ2) is 2.23. The van der Waals surface area contributed by atoms with Gasteiger partial charge < -0.3 is 0 Å². The van der Waals surface area contributed by atoms with E-state index < -0.39 is 0 Å². The summed E-state index contributed by atoms with van der Waals surface area (Å²) in [6.45, 7) is 0. The first-order valence-electron chi connectivity index (χ1n) is 4.00. The third-order valence-electron chi connectivity index (χ3n) is 2.92. The largest absolute Gasteiger partial charge is 0.281 e. The van der Waals surface area contributed by atoms with Crippen molar-refractivity contribution in [1.29, 1.82) is 0 Å². The summed E-state index contributed by atoms with van der Waals surface area (Å²) in [6.07, 6.45) is 5.10. The Labute approximate surface area is 65.7 Å². The van der Waals surface area contributed by atoms with E-state index >= 15 is 0 Å². The van der Waals surface area contributed by atoms with Crippen LogP contribution in [0.25, 0.3) is 0 Å². The number of rotatable bonds is 1. The number of hydrogen-bond donors (Lipinski definition) is 0. The van der Waals surface area contributed by atoms with E-state index in [4.69, 9.17) is 11.6 Å². The van der Waals surface area contributed by atoms with Crippen molar-refractivity contribution in [2.24, 2.45) is 17.8 Å². The van der Waals surface area contributed by atoms with Crippen LogP contribution in [-0.4, -0.2) is 5.24 Å². The van der Waals surface area contributed by atoms with Crippen LogP contribution in [0.4, 0.5) is 0 Å². The number of carbonyl (C=O) groups is 1. The van der Waals surface area contributed by atoms with Crippen LogP contribution in [0, 0.1) is 17.8 Å². The van der Waals surface area contributed by atoms with Crippen molar-refractivity contribution in [2.75, 3.05) is 0 Å². The van der Waals surface area contributed by atoms with Crippen molar-refractivity contribution in [3.63, 3.8) is 0 Å². The molecule has 2 rings (SSSR count). The van der Waals surface area contributed by atoms with E-state index in [0.717, 1.165) is 0 Å². The Morgan fingerprint density at radius 2 is 1.70 bits per heavy atom. The summed E-state index contributed by atoms with van der Waals surface area (Å²) >= 11 is 5.41. The van der Waals surface area contributed by atoms with Gasteiger partial charge in [0, 0.05) is 5.92 Å². The Balaban J connectivity index is 1.99. The number of hydrogen-bond acceptors (Lipinski definition) is 1. The summed E-state index contributed by atoms with van der Waals surface area (Å²) in [5.41, 5.74) is 0. The molecule has 56 valence electrons. The molecule has 0 aromatic carbocycles. The molecule has 0 spiro atoms. The number of halogens is 1. The molecule has 0 N–H and O–H groups in total. The average Bonchev–Trinajstić information content (AvgIpc) is 2.60. The van der Waals surface area contributed by atoms with Crippen LogP contribution in [0.15, 0.2) is 0 Å². The fourth-order valence-corrected chi connectivity index (χ4v) is 2.65. The zero-order valence-corrected chi connectivity index (χ0v) is 6.60. The number of fused-ring (bicyclic) bond motifs is 1. The third kappa shape index (κ3) is 0.878. The van der Waals surface area contributed by atoms with Gasteiger partial charge in [-0.25, -0.2) is 0 Å². The molecule has 2 heteroatoms. The number of carbonyl (C=O) groups excluding carboxylic acids is 1. The zero-order valence-electron chi connectivity index (χ0n) is 5.85. The van der Waals surface area contributed by atoms with Gasteiger partial charge in [0.25, 0.3) is 0 Å². The van der Waals surface area contributed by atoms with Gasteiger partial charge in [0.15, 0.2) is 0 Å². The summed E-state index contributed by atoms with van der Waals surface area (Å²) in [4.78, 5) is 10.7. The molecule has 0 heterocycles. The first-order valence-corrected chi connectivity index (χ1v) is 4.38. The highest BCUT2D eigenvalue weighted by Crippen LogP contribution is 2.56. The maximum atomic E-state index is 10.7. The summed E-state index contributed by atoms with van der Waals surface area (Å²) in [5.74, 6) is 1.61. The van der Waals surface area contributed by atoms with Crippen LogP contribution in [0.5, 0.6) is 0 Å². The fourth-order valence-electron chi connectivity index (χ4n) is 2.33. The van der Waals surface area contributed by atoms with Gasteiger partial charge in [0.2, 0.25) is 5.24 Å². The molecule has 0 aromatic heterocycles. The van der Waals surface area contributed by atoms with E-state index in [0.29, 0.717) is 11.8 Å². The summed E-state index contributed by atoms with van der Waals surface area (Å²) in [6, 6.07) is 0.